The van der Waals surface area contributed by atoms with Crippen molar-refractivity contribution in [1.82, 2.24) is 0 Å². The zero-order chi connectivity index (χ0) is 8.97. The maximum absolute atomic E-state index is 8.68. The lowest BCUT2D eigenvalue weighted by atomic mass is 10.0. The molecule has 0 aliphatic heterocycles. The van der Waals surface area contributed by atoms with Crippen LogP contribution in [0, 0.1) is 29.3 Å². The van der Waals surface area contributed by atoms with E-state index in [2.05, 4.69) is 0 Å². The molecule has 1 aromatic carbocycles. The van der Waals surface area contributed by atoms with Gasteiger partial charge in [0.25, 0.3) is 0 Å². The summed E-state index contributed by atoms with van der Waals surface area (Å²) in [7, 11) is 0. The average Bonchev–Trinajstić information content (AvgIpc) is 2.16. The van der Waals surface area contributed by atoms with E-state index in [9.17, 15) is 0 Å². The second-order valence-corrected chi connectivity index (χ2v) is 2.12. The number of hydrogen-bond donors (Lipinski definition) is 1. The molecule has 3 heteroatoms. The van der Waals surface area contributed by atoms with Crippen LogP contribution >= 0.6 is 0 Å². The molecule has 3 nitrogen and oxygen atoms in total. The van der Waals surface area contributed by atoms with Gasteiger partial charge in [0.2, 0.25) is 0 Å². The van der Waals surface area contributed by atoms with Crippen molar-refractivity contribution in [3.63, 3.8) is 0 Å². The second-order valence-electron chi connectivity index (χ2n) is 2.12. The Hall–Kier alpha value is -1.84. The van der Waals surface area contributed by atoms with Gasteiger partial charge in [-0.15, -0.1) is 0 Å². The van der Waals surface area contributed by atoms with Crippen LogP contribution in [0.4, 0.5) is 0 Å². The van der Waals surface area contributed by atoms with Crippen molar-refractivity contribution < 1.29 is 5.11 Å². The van der Waals surface area contributed by atoms with E-state index >= 15 is 0 Å². The molecule has 0 saturated heterocycles. The monoisotopic (exact) mass is 157 g/mol. The summed E-state index contributed by atoms with van der Waals surface area (Å²) >= 11 is 0. The molecule has 12 heavy (non-hydrogen) atoms. The van der Waals surface area contributed by atoms with Crippen LogP contribution in [-0.4, -0.2) is 5.11 Å². The van der Waals surface area contributed by atoms with Crippen LogP contribution in [-0.2, 0) is 0 Å². The van der Waals surface area contributed by atoms with Gasteiger partial charge in [0.05, 0.1) is 11.1 Å². The Morgan fingerprint density at radius 2 is 2.00 bits per heavy atom. The third kappa shape index (κ3) is 1.27. The smallest absolute Gasteiger partial charge is 0.110 e. The molecule has 1 aromatic rings. The van der Waals surface area contributed by atoms with Crippen molar-refractivity contribution in [3.05, 3.63) is 41.5 Å². The van der Waals surface area contributed by atoms with Gasteiger partial charge >= 0.3 is 0 Å². The summed E-state index contributed by atoms with van der Waals surface area (Å²) in [5.41, 5.74) is 0.861. The van der Waals surface area contributed by atoms with Gasteiger partial charge in [0.1, 0.15) is 18.7 Å². The standard InChI is InChI=1S/C9H5N2O/c10-4-7-2-1-3-8(6-12)9(7)5-11/h1-3,6,12H. The van der Waals surface area contributed by atoms with E-state index in [1.54, 1.807) is 12.1 Å². The predicted molar refractivity (Wildman–Crippen MR) is 41.2 cm³/mol. The molecule has 0 bridgehead atoms. The van der Waals surface area contributed by atoms with Crippen molar-refractivity contribution >= 4 is 0 Å². The van der Waals surface area contributed by atoms with Crippen LogP contribution < -0.4 is 0 Å². The second kappa shape index (κ2) is 3.52. The quantitative estimate of drug-likeness (QED) is 0.668. The molecule has 57 valence electrons. The minimum Gasteiger partial charge on any atom is -0.385 e. The molecular formula is C9H5N2O. The highest BCUT2D eigenvalue weighted by Gasteiger charge is 2.05. The molecule has 1 rings (SSSR count). The van der Waals surface area contributed by atoms with E-state index in [0.717, 1.165) is 6.61 Å². The van der Waals surface area contributed by atoms with E-state index in [-0.39, 0.29) is 11.1 Å². The number of hydrogen-bond acceptors (Lipinski definition) is 3. The maximum Gasteiger partial charge on any atom is 0.110 e. The minimum absolute atomic E-state index is 0.211. The van der Waals surface area contributed by atoms with Crippen LogP contribution in [0.1, 0.15) is 16.7 Å². The fourth-order valence-electron chi connectivity index (χ4n) is 0.896. The third-order valence-corrected chi connectivity index (χ3v) is 1.47. The van der Waals surface area contributed by atoms with Gasteiger partial charge in [-0.3, -0.25) is 0 Å². The summed E-state index contributed by atoms with van der Waals surface area (Å²) in [4.78, 5) is 0. The van der Waals surface area contributed by atoms with Crippen LogP contribution in [0.15, 0.2) is 18.2 Å². The van der Waals surface area contributed by atoms with Gasteiger partial charge in [0, 0.05) is 5.56 Å². The van der Waals surface area contributed by atoms with E-state index in [1.807, 2.05) is 12.1 Å². The highest BCUT2D eigenvalue weighted by molar-refractivity contribution is 5.51. The Balaban J connectivity index is 3.37. The topological polar surface area (TPSA) is 67.8 Å². The number of aliphatic hydroxyl groups excluding tert-OH is 1. The number of nitriles is 2. The van der Waals surface area contributed by atoms with Gasteiger partial charge in [-0.1, -0.05) is 12.1 Å². The Morgan fingerprint density at radius 3 is 2.50 bits per heavy atom. The minimum atomic E-state index is 0.211. The van der Waals surface area contributed by atoms with Gasteiger partial charge < -0.3 is 5.11 Å². The van der Waals surface area contributed by atoms with Gasteiger partial charge in [0.15, 0.2) is 0 Å². The van der Waals surface area contributed by atoms with Crippen molar-refractivity contribution in [2.45, 2.75) is 0 Å². The summed E-state index contributed by atoms with van der Waals surface area (Å²) in [5.74, 6) is 0. The lowest BCUT2D eigenvalue weighted by Gasteiger charge is -1.98. The Bertz CT molecular complexity index is 371. The lowest BCUT2D eigenvalue weighted by molar-refractivity contribution is 0.414. The van der Waals surface area contributed by atoms with E-state index in [0.29, 0.717) is 5.56 Å². The Morgan fingerprint density at radius 1 is 1.25 bits per heavy atom. The molecule has 0 heterocycles. The summed E-state index contributed by atoms with van der Waals surface area (Å²) in [6.45, 7) is 0.819. The SMILES string of the molecule is N#Cc1cccc([CH]O)c1C#N. The molecule has 0 unspecified atom stereocenters. The summed E-state index contributed by atoms with van der Waals surface area (Å²) in [6.07, 6.45) is 0. The van der Waals surface area contributed by atoms with E-state index < -0.39 is 0 Å². The van der Waals surface area contributed by atoms with Gasteiger partial charge in [-0.25, -0.2) is 0 Å². The molecule has 0 amide bonds. The Labute approximate surface area is 70.1 Å². The fraction of sp³-hybridized carbons (Fsp3) is 0. The molecule has 0 fully saturated rings. The first-order chi connectivity index (χ1) is 5.83. The first kappa shape index (κ1) is 8.26. The van der Waals surface area contributed by atoms with Crippen LogP contribution in [0.5, 0.6) is 0 Å². The molecule has 0 aliphatic rings. The molecule has 0 aliphatic carbocycles. The van der Waals surface area contributed by atoms with E-state index in [4.69, 9.17) is 15.6 Å². The summed E-state index contributed by atoms with van der Waals surface area (Å²) < 4.78 is 0. The molecule has 0 spiro atoms. The fourth-order valence-corrected chi connectivity index (χ4v) is 0.896. The number of aliphatic hydroxyl groups is 1. The molecule has 0 atom stereocenters. The van der Waals surface area contributed by atoms with Crippen molar-refractivity contribution in [2.24, 2.45) is 0 Å². The zero-order valence-electron chi connectivity index (χ0n) is 6.15. The third-order valence-electron chi connectivity index (χ3n) is 1.47. The van der Waals surface area contributed by atoms with Crippen molar-refractivity contribution in [3.8, 4) is 12.1 Å². The zero-order valence-corrected chi connectivity index (χ0v) is 6.15. The summed E-state index contributed by atoms with van der Waals surface area (Å²) in [6, 6.07) is 8.43. The maximum atomic E-state index is 8.68. The van der Waals surface area contributed by atoms with Crippen LogP contribution in [0.25, 0.3) is 0 Å². The first-order valence-corrected chi connectivity index (χ1v) is 3.24. The highest BCUT2D eigenvalue weighted by atomic mass is 16.3. The number of benzene rings is 1. The van der Waals surface area contributed by atoms with E-state index in [1.165, 1.54) is 6.07 Å². The molecule has 1 N–H and O–H groups in total. The van der Waals surface area contributed by atoms with Crippen molar-refractivity contribution in [2.75, 3.05) is 0 Å². The van der Waals surface area contributed by atoms with Gasteiger partial charge in [-0.05, 0) is 6.07 Å². The molecular weight excluding hydrogens is 152 g/mol. The Kier molecular flexibility index (Phi) is 2.42. The molecule has 0 aromatic heterocycles. The lowest BCUT2D eigenvalue weighted by Crippen LogP contribution is -1.90. The predicted octanol–water partition coefficient (Wildman–Crippen LogP) is 1.31. The highest BCUT2D eigenvalue weighted by Crippen LogP contribution is 2.13. The van der Waals surface area contributed by atoms with Crippen LogP contribution in [0.3, 0.4) is 0 Å². The summed E-state index contributed by atoms with van der Waals surface area (Å²) in [5, 5.41) is 25.9. The normalized spacial score (nSPS) is 8.58. The number of rotatable bonds is 1. The molecule has 1 radical (unpaired) electrons. The number of nitrogens with zero attached hydrogens (tertiary/aromatic N) is 2. The molecule has 0 saturated carbocycles. The van der Waals surface area contributed by atoms with Crippen molar-refractivity contribution in [1.29, 1.82) is 10.5 Å². The first-order valence-electron chi connectivity index (χ1n) is 3.24. The largest absolute Gasteiger partial charge is 0.385 e. The average molecular weight is 157 g/mol. The van der Waals surface area contributed by atoms with Gasteiger partial charge in [-0.2, -0.15) is 10.5 Å². The van der Waals surface area contributed by atoms with Crippen LogP contribution in [0.2, 0.25) is 0 Å².